The molecule has 0 amide bonds. The number of carbonyl (C=O) groups is 1. The number of halogens is 5. The van der Waals surface area contributed by atoms with Crippen LogP contribution in [0.5, 0.6) is 5.75 Å². The zero-order chi connectivity index (χ0) is 22.5. The molecule has 0 radical (unpaired) electrons. The average molecular weight is 440 g/mol. The summed E-state index contributed by atoms with van der Waals surface area (Å²) in [7, 11) is 0. The van der Waals surface area contributed by atoms with E-state index in [0.29, 0.717) is 5.92 Å². The van der Waals surface area contributed by atoms with Crippen molar-refractivity contribution in [2.45, 2.75) is 64.2 Å². The van der Waals surface area contributed by atoms with Crippen molar-refractivity contribution in [3.63, 3.8) is 0 Å². The summed E-state index contributed by atoms with van der Waals surface area (Å²) in [5.41, 5.74) is -0.537. The lowest BCUT2D eigenvalue weighted by atomic mass is 9.77. The zero-order valence-corrected chi connectivity index (χ0v) is 17.3. The van der Waals surface area contributed by atoms with Gasteiger partial charge in [-0.1, -0.05) is 44.7 Å². The fourth-order valence-electron chi connectivity index (χ4n) is 4.22. The predicted octanol–water partition coefficient (Wildman–Crippen LogP) is 7.46. The van der Waals surface area contributed by atoms with E-state index in [2.05, 4.69) is 6.92 Å². The van der Waals surface area contributed by atoms with Gasteiger partial charge in [0.15, 0.2) is 23.3 Å². The molecular formula is C24H25F5O2. The van der Waals surface area contributed by atoms with Crippen LogP contribution in [0.15, 0.2) is 24.3 Å². The molecule has 1 aliphatic rings. The van der Waals surface area contributed by atoms with Crippen LogP contribution in [0, 0.1) is 35.0 Å². The number of benzene rings is 2. The summed E-state index contributed by atoms with van der Waals surface area (Å²) in [6.45, 7) is 2.20. The summed E-state index contributed by atoms with van der Waals surface area (Å²) in [5.74, 6) is -11.7. The second-order valence-electron chi connectivity index (χ2n) is 8.12. The Labute approximate surface area is 178 Å². The van der Waals surface area contributed by atoms with Crippen molar-refractivity contribution in [3.05, 3.63) is 64.5 Å². The summed E-state index contributed by atoms with van der Waals surface area (Å²) in [5, 5.41) is 0. The van der Waals surface area contributed by atoms with Crippen LogP contribution in [0.25, 0.3) is 0 Å². The van der Waals surface area contributed by atoms with Gasteiger partial charge in [0, 0.05) is 0 Å². The lowest BCUT2D eigenvalue weighted by Gasteiger charge is -2.29. The highest BCUT2D eigenvalue weighted by molar-refractivity contribution is 5.91. The van der Waals surface area contributed by atoms with Gasteiger partial charge in [-0.15, -0.1) is 0 Å². The molecule has 0 unspecified atom stereocenters. The number of esters is 1. The van der Waals surface area contributed by atoms with Crippen LogP contribution in [-0.4, -0.2) is 5.97 Å². The molecule has 2 aromatic carbocycles. The topological polar surface area (TPSA) is 26.3 Å². The van der Waals surface area contributed by atoms with Crippen LogP contribution in [-0.2, 0) is 0 Å². The number of hydrogen-bond donors (Lipinski definition) is 0. The first kappa shape index (κ1) is 23.2. The number of unbranched alkanes of at least 4 members (excludes halogenated alkanes) is 2. The highest BCUT2D eigenvalue weighted by Crippen LogP contribution is 2.38. The fraction of sp³-hybridized carbons (Fsp3) is 0.458. The van der Waals surface area contributed by atoms with Crippen LogP contribution in [0.3, 0.4) is 0 Å². The van der Waals surface area contributed by atoms with Crippen molar-refractivity contribution in [3.8, 4) is 5.75 Å². The van der Waals surface area contributed by atoms with Crippen molar-refractivity contribution in [2.24, 2.45) is 5.92 Å². The lowest BCUT2D eigenvalue weighted by molar-refractivity contribution is 0.0721. The first-order chi connectivity index (χ1) is 14.8. The number of rotatable bonds is 7. The van der Waals surface area contributed by atoms with Gasteiger partial charge in [0.25, 0.3) is 0 Å². The monoisotopic (exact) mass is 440 g/mol. The van der Waals surface area contributed by atoms with Gasteiger partial charge in [-0.25, -0.2) is 26.7 Å². The van der Waals surface area contributed by atoms with E-state index >= 15 is 0 Å². The largest absolute Gasteiger partial charge is 0.423 e. The first-order valence-electron chi connectivity index (χ1n) is 10.7. The van der Waals surface area contributed by atoms with Gasteiger partial charge in [0.05, 0.1) is 0 Å². The molecule has 0 bridgehead atoms. The number of carbonyl (C=O) groups excluding carboxylic acids is 1. The Hall–Kier alpha value is -2.44. The molecule has 3 rings (SSSR count). The third-order valence-corrected chi connectivity index (χ3v) is 6.04. The molecule has 1 fully saturated rings. The highest BCUT2D eigenvalue weighted by atomic mass is 19.2. The minimum atomic E-state index is -2.32. The average Bonchev–Trinajstić information content (AvgIpc) is 2.78. The maximum absolute atomic E-state index is 13.8. The molecule has 1 saturated carbocycles. The van der Waals surface area contributed by atoms with E-state index in [1.807, 2.05) is 0 Å². The van der Waals surface area contributed by atoms with Gasteiger partial charge in [0.2, 0.25) is 5.82 Å². The second-order valence-corrected chi connectivity index (χ2v) is 8.12. The Morgan fingerprint density at radius 2 is 1.39 bits per heavy atom. The van der Waals surface area contributed by atoms with Gasteiger partial charge >= 0.3 is 5.97 Å². The third kappa shape index (κ3) is 5.25. The van der Waals surface area contributed by atoms with Crippen LogP contribution in [0.2, 0.25) is 0 Å². The molecule has 0 atom stereocenters. The Kier molecular flexibility index (Phi) is 7.68. The molecule has 168 valence electrons. The molecule has 2 aromatic rings. The smallest absolute Gasteiger partial charge is 0.349 e. The minimum absolute atomic E-state index is 0.0362. The van der Waals surface area contributed by atoms with Gasteiger partial charge < -0.3 is 4.74 Å². The van der Waals surface area contributed by atoms with Crippen LogP contribution < -0.4 is 4.74 Å². The van der Waals surface area contributed by atoms with Crippen molar-refractivity contribution in [1.82, 2.24) is 0 Å². The summed E-state index contributed by atoms with van der Waals surface area (Å²) < 4.78 is 72.1. The van der Waals surface area contributed by atoms with Gasteiger partial charge in [-0.2, -0.15) is 0 Å². The van der Waals surface area contributed by atoms with E-state index in [4.69, 9.17) is 4.74 Å². The van der Waals surface area contributed by atoms with Gasteiger partial charge in [0.1, 0.15) is 11.3 Å². The SMILES string of the molecule is CCCCC[C@H]1CC[C@H](c2ccc(OC(=O)c3c(F)c(F)c(F)c(F)c3F)cc2)CC1. The third-order valence-electron chi connectivity index (χ3n) is 6.04. The Morgan fingerprint density at radius 1 is 0.839 bits per heavy atom. The van der Waals surface area contributed by atoms with Crippen molar-refractivity contribution in [1.29, 1.82) is 0 Å². The number of ether oxygens (including phenoxy) is 1. The fourth-order valence-corrected chi connectivity index (χ4v) is 4.22. The maximum Gasteiger partial charge on any atom is 0.349 e. The first-order valence-corrected chi connectivity index (χ1v) is 10.7. The Morgan fingerprint density at radius 3 is 1.94 bits per heavy atom. The minimum Gasteiger partial charge on any atom is -0.423 e. The highest BCUT2D eigenvalue weighted by Gasteiger charge is 2.31. The van der Waals surface area contributed by atoms with Crippen molar-refractivity contribution < 1.29 is 31.5 Å². The van der Waals surface area contributed by atoms with E-state index in [-0.39, 0.29) is 5.75 Å². The van der Waals surface area contributed by atoms with Gasteiger partial charge in [-0.05, 0) is 55.2 Å². The van der Waals surface area contributed by atoms with Gasteiger partial charge in [-0.3, -0.25) is 0 Å². The van der Waals surface area contributed by atoms with Crippen LogP contribution in [0.1, 0.15) is 80.1 Å². The molecule has 2 nitrogen and oxygen atoms in total. The van der Waals surface area contributed by atoms with Crippen LogP contribution in [0.4, 0.5) is 22.0 Å². The lowest BCUT2D eigenvalue weighted by Crippen LogP contribution is -2.17. The quantitative estimate of drug-likeness (QED) is 0.112. The van der Waals surface area contributed by atoms with E-state index < -0.39 is 40.6 Å². The summed E-state index contributed by atoms with van der Waals surface area (Å²) >= 11 is 0. The molecule has 7 heteroatoms. The summed E-state index contributed by atoms with van der Waals surface area (Å²) in [6.07, 6.45) is 9.52. The molecule has 0 aromatic heterocycles. The van der Waals surface area contributed by atoms with Crippen LogP contribution >= 0.6 is 0 Å². The molecule has 1 aliphatic carbocycles. The standard InChI is InChI=1S/C24H25F5O2/c1-2-3-4-5-14-6-8-15(9-7-14)16-10-12-17(13-11-16)31-24(30)18-19(25)21(27)23(29)22(28)20(18)26/h10-15H,2-9H2,1H3/t14-,15-. The van der Waals surface area contributed by atoms with E-state index in [0.717, 1.165) is 24.3 Å². The summed E-state index contributed by atoms with van der Waals surface area (Å²) in [6, 6.07) is 6.46. The molecule has 0 spiro atoms. The molecule has 0 N–H and O–H groups in total. The molecule has 31 heavy (non-hydrogen) atoms. The molecule has 0 heterocycles. The van der Waals surface area contributed by atoms with E-state index in [9.17, 15) is 26.7 Å². The van der Waals surface area contributed by atoms with E-state index in [1.54, 1.807) is 12.1 Å². The summed E-state index contributed by atoms with van der Waals surface area (Å²) in [4.78, 5) is 12.0. The van der Waals surface area contributed by atoms with E-state index in [1.165, 1.54) is 50.7 Å². The van der Waals surface area contributed by atoms with Crippen molar-refractivity contribution in [2.75, 3.05) is 0 Å². The molecule has 0 saturated heterocycles. The zero-order valence-electron chi connectivity index (χ0n) is 17.3. The Balaban J connectivity index is 1.63. The molecular weight excluding hydrogens is 415 g/mol. The molecule has 0 aliphatic heterocycles. The Bertz CT molecular complexity index is 890. The second kappa shape index (κ2) is 10.2. The predicted molar refractivity (Wildman–Crippen MR) is 106 cm³/mol. The van der Waals surface area contributed by atoms with Crippen molar-refractivity contribution >= 4 is 5.97 Å². The number of hydrogen-bond acceptors (Lipinski definition) is 2. The normalized spacial score (nSPS) is 18.8. The maximum atomic E-state index is 13.8.